The van der Waals surface area contributed by atoms with Crippen molar-refractivity contribution in [2.75, 3.05) is 6.54 Å². The lowest BCUT2D eigenvalue weighted by molar-refractivity contribution is -0.00919. The minimum absolute atomic E-state index is 0.129. The SMILES string of the molecule is CCC1CCC(CN)(C(O)c2csc3ccccc23)CC1. The highest BCUT2D eigenvalue weighted by molar-refractivity contribution is 7.17. The summed E-state index contributed by atoms with van der Waals surface area (Å²) in [4.78, 5) is 0. The predicted molar refractivity (Wildman–Crippen MR) is 90.5 cm³/mol. The average molecular weight is 303 g/mol. The zero-order valence-electron chi connectivity index (χ0n) is 12.7. The maximum atomic E-state index is 11.1. The summed E-state index contributed by atoms with van der Waals surface area (Å²) in [5.41, 5.74) is 7.07. The summed E-state index contributed by atoms with van der Waals surface area (Å²) >= 11 is 1.72. The van der Waals surface area contributed by atoms with Crippen LogP contribution in [-0.2, 0) is 0 Å². The Balaban J connectivity index is 1.90. The molecule has 0 amide bonds. The van der Waals surface area contributed by atoms with Crippen molar-refractivity contribution < 1.29 is 5.11 Å². The Bertz CT molecular complexity index is 598. The highest BCUT2D eigenvalue weighted by atomic mass is 32.1. The molecule has 1 heterocycles. The van der Waals surface area contributed by atoms with E-state index in [1.807, 2.05) is 6.07 Å². The van der Waals surface area contributed by atoms with Crippen molar-refractivity contribution in [2.24, 2.45) is 17.1 Å². The predicted octanol–water partition coefficient (Wildman–Crippen LogP) is 4.48. The summed E-state index contributed by atoms with van der Waals surface area (Å²) < 4.78 is 1.25. The van der Waals surface area contributed by atoms with Crippen LogP contribution >= 0.6 is 11.3 Å². The Kier molecular flexibility index (Phi) is 4.34. The van der Waals surface area contributed by atoms with E-state index in [4.69, 9.17) is 5.73 Å². The van der Waals surface area contributed by atoms with E-state index in [0.29, 0.717) is 6.54 Å². The van der Waals surface area contributed by atoms with Crippen LogP contribution in [0.25, 0.3) is 10.1 Å². The van der Waals surface area contributed by atoms with Gasteiger partial charge in [0.25, 0.3) is 0 Å². The number of benzene rings is 1. The van der Waals surface area contributed by atoms with E-state index < -0.39 is 6.10 Å². The molecule has 0 saturated heterocycles. The van der Waals surface area contributed by atoms with Gasteiger partial charge in [-0.3, -0.25) is 0 Å². The fraction of sp³-hybridized carbons (Fsp3) is 0.556. The topological polar surface area (TPSA) is 46.2 Å². The molecule has 21 heavy (non-hydrogen) atoms. The van der Waals surface area contributed by atoms with Gasteiger partial charge in [-0.2, -0.15) is 0 Å². The molecule has 3 heteroatoms. The second kappa shape index (κ2) is 6.07. The summed E-state index contributed by atoms with van der Waals surface area (Å²) in [6.45, 7) is 2.84. The van der Waals surface area contributed by atoms with Gasteiger partial charge in [0.1, 0.15) is 0 Å². The monoisotopic (exact) mass is 303 g/mol. The Labute approximate surface area is 131 Å². The van der Waals surface area contributed by atoms with Crippen molar-refractivity contribution in [3.05, 3.63) is 35.2 Å². The van der Waals surface area contributed by atoms with Crippen molar-refractivity contribution >= 4 is 21.4 Å². The molecule has 0 aliphatic heterocycles. The molecule has 3 N–H and O–H groups in total. The van der Waals surface area contributed by atoms with Crippen LogP contribution in [0.3, 0.4) is 0 Å². The summed E-state index contributed by atoms with van der Waals surface area (Å²) in [5.74, 6) is 0.816. The molecule has 1 aromatic heterocycles. The first-order chi connectivity index (χ1) is 10.2. The maximum absolute atomic E-state index is 11.1. The molecule has 1 aliphatic rings. The second-order valence-corrected chi connectivity index (χ2v) is 7.42. The minimum atomic E-state index is -0.434. The molecule has 0 spiro atoms. The van der Waals surface area contributed by atoms with Gasteiger partial charge in [0.15, 0.2) is 0 Å². The molecule has 2 aromatic rings. The fourth-order valence-corrected chi connectivity index (χ4v) is 4.77. The van der Waals surface area contributed by atoms with Gasteiger partial charge in [-0.1, -0.05) is 31.5 Å². The van der Waals surface area contributed by atoms with Gasteiger partial charge < -0.3 is 10.8 Å². The van der Waals surface area contributed by atoms with Gasteiger partial charge in [0, 0.05) is 16.7 Å². The molecule has 1 unspecified atom stereocenters. The number of nitrogens with two attached hydrogens (primary N) is 1. The lowest BCUT2D eigenvalue weighted by Crippen LogP contribution is -2.40. The number of rotatable bonds is 4. The van der Waals surface area contributed by atoms with Crippen molar-refractivity contribution in [3.63, 3.8) is 0 Å². The van der Waals surface area contributed by atoms with Crippen LogP contribution in [0, 0.1) is 11.3 Å². The van der Waals surface area contributed by atoms with Crippen LogP contribution in [0.1, 0.15) is 50.7 Å². The molecule has 1 aliphatic carbocycles. The molecule has 1 atom stereocenters. The molecular formula is C18H25NOS. The molecule has 3 rings (SSSR count). The zero-order chi connectivity index (χ0) is 14.9. The van der Waals surface area contributed by atoms with Gasteiger partial charge in [0.05, 0.1) is 6.10 Å². The van der Waals surface area contributed by atoms with Crippen molar-refractivity contribution in [1.82, 2.24) is 0 Å². The molecule has 2 nitrogen and oxygen atoms in total. The Morgan fingerprint density at radius 1 is 1.33 bits per heavy atom. The normalized spacial score (nSPS) is 27.9. The third-order valence-corrected chi connectivity index (χ3v) is 6.45. The van der Waals surface area contributed by atoms with Crippen LogP contribution in [0.15, 0.2) is 29.6 Å². The summed E-state index contributed by atoms with van der Waals surface area (Å²) in [7, 11) is 0. The average Bonchev–Trinajstić information content (AvgIpc) is 2.98. The summed E-state index contributed by atoms with van der Waals surface area (Å²) in [6, 6.07) is 8.35. The molecule has 1 saturated carbocycles. The molecular weight excluding hydrogens is 278 g/mol. The van der Waals surface area contributed by atoms with E-state index in [1.54, 1.807) is 11.3 Å². The third kappa shape index (κ3) is 2.63. The summed E-state index contributed by atoms with van der Waals surface area (Å²) in [5, 5.41) is 14.4. The van der Waals surface area contributed by atoms with Gasteiger partial charge in [-0.05, 0) is 54.0 Å². The summed E-state index contributed by atoms with van der Waals surface area (Å²) in [6.07, 6.45) is 5.31. The van der Waals surface area contributed by atoms with Gasteiger partial charge in [-0.15, -0.1) is 11.3 Å². The number of aliphatic hydroxyl groups is 1. The molecule has 0 radical (unpaired) electrons. The number of aliphatic hydroxyl groups excluding tert-OH is 1. The van der Waals surface area contributed by atoms with E-state index in [-0.39, 0.29) is 5.41 Å². The lowest BCUT2D eigenvalue weighted by atomic mass is 9.65. The zero-order valence-corrected chi connectivity index (χ0v) is 13.5. The van der Waals surface area contributed by atoms with Crippen molar-refractivity contribution in [1.29, 1.82) is 0 Å². The fourth-order valence-electron chi connectivity index (χ4n) is 3.79. The van der Waals surface area contributed by atoms with Gasteiger partial charge >= 0.3 is 0 Å². The number of hydrogen-bond donors (Lipinski definition) is 2. The van der Waals surface area contributed by atoms with Crippen LogP contribution in [0.5, 0.6) is 0 Å². The highest BCUT2D eigenvalue weighted by Gasteiger charge is 2.41. The van der Waals surface area contributed by atoms with Crippen LogP contribution in [0.4, 0.5) is 0 Å². The quantitative estimate of drug-likeness (QED) is 0.874. The van der Waals surface area contributed by atoms with E-state index in [0.717, 1.165) is 24.3 Å². The minimum Gasteiger partial charge on any atom is -0.388 e. The van der Waals surface area contributed by atoms with E-state index >= 15 is 0 Å². The first kappa shape index (κ1) is 15.0. The smallest absolute Gasteiger partial charge is 0.0872 e. The third-order valence-electron chi connectivity index (χ3n) is 5.47. The Hall–Kier alpha value is -0.900. The Morgan fingerprint density at radius 2 is 2.05 bits per heavy atom. The molecule has 114 valence electrons. The van der Waals surface area contributed by atoms with Crippen molar-refractivity contribution in [2.45, 2.75) is 45.1 Å². The number of thiophene rings is 1. The van der Waals surface area contributed by atoms with Crippen LogP contribution < -0.4 is 5.73 Å². The lowest BCUT2D eigenvalue weighted by Gasteiger charge is -2.42. The van der Waals surface area contributed by atoms with Crippen molar-refractivity contribution in [3.8, 4) is 0 Å². The molecule has 1 fully saturated rings. The van der Waals surface area contributed by atoms with E-state index in [9.17, 15) is 5.11 Å². The Morgan fingerprint density at radius 3 is 2.71 bits per heavy atom. The van der Waals surface area contributed by atoms with Gasteiger partial charge in [-0.25, -0.2) is 0 Å². The second-order valence-electron chi connectivity index (χ2n) is 6.51. The standard InChI is InChI=1S/C18H25NOS/c1-2-13-7-9-18(12-19,10-8-13)17(20)15-11-21-16-6-4-3-5-14(15)16/h3-6,11,13,17,20H,2,7-10,12,19H2,1H3. The number of fused-ring (bicyclic) bond motifs is 1. The van der Waals surface area contributed by atoms with Crippen LogP contribution in [-0.4, -0.2) is 11.7 Å². The first-order valence-corrected chi connectivity index (χ1v) is 8.92. The largest absolute Gasteiger partial charge is 0.388 e. The number of hydrogen-bond acceptors (Lipinski definition) is 3. The van der Waals surface area contributed by atoms with E-state index in [2.05, 4.69) is 30.5 Å². The highest BCUT2D eigenvalue weighted by Crippen LogP contribution is 2.49. The van der Waals surface area contributed by atoms with Gasteiger partial charge in [0.2, 0.25) is 0 Å². The maximum Gasteiger partial charge on any atom is 0.0872 e. The van der Waals surface area contributed by atoms with E-state index in [1.165, 1.54) is 29.3 Å². The molecule has 0 bridgehead atoms. The molecule has 1 aromatic carbocycles. The first-order valence-electron chi connectivity index (χ1n) is 8.04. The van der Waals surface area contributed by atoms with Crippen LogP contribution in [0.2, 0.25) is 0 Å².